The van der Waals surface area contributed by atoms with Crippen LogP contribution in [0.25, 0.3) is 6.08 Å². The number of halogens is 2. The van der Waals surface area contributed by atoms with Crippen LogP contribution in [-0.4, -0.2) is 25.0 Å². The summed E-state index contributed by atoms with van der Waals surface area (Å²) in [6.45, 7) is 3.83. The minimum absolute atomic E-state index is 0.0825. The Morgan fingerprint density at radius 3 is 2.31 bits per heavy atom. The third kappa shape index (κ3) is 7.60. The molecule has 3 rings (SSSR count). The molecule has 0 aliphatic carbocycles. The van der Waals surface area contributed by atoms with Gasteiger partial charge < -0.3 is 20.1 Å². The Morgan fingerprint density at radius 1 is 1.03 bits per heavy atom. The van der Waals surface area contributed by atoms with E-state index in [-0.39, 0.29) is 18.1 Å². The molecule has 0 spiro atoms. The number of amides is 2. The fourth-order valence-electron chi connectivity index (χ4n) is 3.09. The van der Waals surface area contributed by atoms with Crippen LogP contribution in [0.1, 0.15) is 18.1 Å². The predicted octanol–water partition coefficient (Wildman–Crippen LogP) is 6.37. The van der Waals surface area contributed by atoms with E-state index in [1.165, 1.54) is 6.08 Å². The van der Waals surface area contributed by atoms with Crippen LogP contribution in [0.3, 0.4) is 0 Å². The zero-order chi connectivity index (χ0) is 26.1. The molecule has 0 aromatic heterocycles. The SMILES string of the molecule is CCOc1cc(/C=C(\C#N)C(=O)Nc2ccc(C)cc2)cc(Br)c1OCC(=O)Nc1ccc(Cl)cc1. The molecule has 9 heteroatoms. The van der Waals surface area contributed by atoms with Crippen molar-refractivity contribution in [1.82, 2.24) is 0 Å². The highest BCUT2D eigenvalue weighted by Gasteiger charge is 2.16. The molecule has 0 aliphatic heterocycles. The molecule has 184 valence electrons. The van der Waals surface area contributed by atoms with Crippen LogP contribution in [-0.2, 0) is 9.59 Å². The Balaban J connectivity index is 1.76. The van der Waals surface area contributed by atoms with Crippen LogP contribution in [0.5, 0.6) is 11.5 Å². The van der Waals surface area contributed by atoms with E-state index in [1.54, 1.807) is 48.5 Å². The Bertz CT molecular complexity index is 1320. The first-order valence-electron chi connectivity index (χ1n) is 10.9. The summed E-state index contributed by atoms with van der Waals surface area (Å²) in [6, 6.07) is 19.2. The molecule has 0 saturated carbocycles. The zero-order valence-corrected chi connectivity index (χ0v) is 21.9. The number of hydrogen-bond donors (Lipinski definition) is 2. The second kappa shape index (κ2) is 12.8. The lowest BCUT2D eigenvalue weighted by Gasteiger charge is -2.15. The number of nitrogens with one attached hydrogen (secondary N) is 2. The van der Waals surface area contributed by atoms with Crippen molar-refractivity contribution in [3.05, 3.63) is 86.9 Å². The summed E-state index contributed by atoms with van der Waals surface area (Å²) in [5.41, 5.74) is 2.69. The van der Waals surface area contributed by atoms with Crippen LogP contribution in [0.15, 0.2) is 70.7 Å². The maximum atomic E-state index is 12.6. The average Bonchev–Trinajstić information content (AvgIpc) is 2.85. The molecule has 0 unspecified atom stereocenters. The van der Waals surface area contributed by atoms with Gasteiger partial charge in [-0.15, -0.1) is 0 Å². The number of aryl methyl sites for hydroxylation is 1. The molecule has 36 heavy (non-hydrogen) atoms. The normalized spacial score (nSPS) is 10.8. The molecule has 2 amide bonds. The molecule has 0 atom stereocenters. The van der Waals surface area contributed by atoms with Crippen molar-refractivity contribution in [2.45, 2.75) is 13.8 Å². The number of hydrogen-bond acceptors (Lipinski definition) is 5. The van der Waals surface area contributed by atoms with Crippen molar-refractivity contribution >= 4 is 56.8 Å². The first kappa shape index (κ1) is 26.8. The summed E-state index contributed by atoms with van der Waals surface area (Å²) in [5, 5.41) is 15.6. The molecule has 0 aliphatic rings. The summed E-state index contributed by atoms with van der Waals surface area (Å²) in [7, 11) is 0. The van der Waals surface area contributed by atoms with Gasteiger partial charge in [-0.25, -0.2) is 0 Å². The van der Waals surface area contributed by atoms with Crippen molar-refractivity contribution in [1.29, 1.82) is 5.26 Å². The van der Waals surface area contributed by atoms with Crippen molar-refractivity contribution in [3.8, 4) is 17.6 Å². The van der Waals surface area contributed by atoms with E-state index in [2.05, 4.69) is 26.6 Å². The Kier molecular flexibility index (Phi) is 9.51. The summed E-state index contributed by atoms with van der Waals surface area (Å²) in [4.78, 5) is 25.0. The Morgan fingerprint density at radius 2 is 1.67 bits per heavy atom. The van der Waals surface area contributed by atoms with Gasteiger partial charge in [-0.2, -0.15) is 5.26 Å². The third-order valence-electron chi connectivity index (χ3n) is 4.79. The van der Waals surface area contributed by atoms with Gasteiger partial charge in [0.25, 0.3) is 11.8 Å². The van der Waals surface area contributed by atoms with Gasteiger partial charge >= 0.3 is 0 Å². The second-order valence-electron chi connectivity index (χ2n) is 7.60. The average molecular weight is 569 g/mol. The van der Waals surface area contributed by atoms with Crippen molar-refractivity contribution in [3.63, 3.8) is 0 Å². The van der Waals surface area contributed by atoms with Gasteiger partial charge in [0.1, 0.15) is 11.6 Å². The van der Waals surface area contributed by atoms with Crippen molar-refractivity contribution in [2.75, 3.05) is 23.8 Å². The maximum Gasteiger partial charge on any atom is 0.266 e. The van der Waals surface area contributed by atoms with E-state index in [0.717, 1.165) is 5.56 Å². The van der Waals surface area contributed by atoms with Crippen LogP contribution in [0.4, 0.5) is 11.4 Å². The van der Waals surface area contributed by atoms with E-state index in [0.29, 0.717) is 44.5 Å². The molecule has 0 bridgehead atoms. The largest absolute Gasteiger partial charge is 0.490 e. The van der Waals surface area contributed by atoms with Crippen molar-refractivity contribution < 1.29 is 19.1 Å². The van der Waals surface area contributed by atoms with E-state index in [1.807, 2.05) is 32.0 Å². The first-order chi connectivity index (χ1) is 17.3. The van der Waals surface area contributed by atoms with Crippen LogP contribution in [0.2, 0.25) is 5.02 Å². The molecular weight excluding hydrogens is 546 g/mol. The number of nitriles is 1. The highest BCUT2D eigenvalue weighted by Crippen LogP contribution is 2.37. The molecule has 3 aromatic rings. The minimum atomic E-state index is -0.533. The molecule has 0 fully saturated rings. The number of carbonyl (C=O) groups excluding carboxylic acids is 2. The number of nitrogens with zero attached hydrogens (tertiary/aromatic N) is 1. The molecule has 3 aromatic carbocycles. The van der Waals surface area contributed by atoms with Gasteiger partial charge in [0.2, 0.25) is 0 Å². The maximum absolute atomic E-state index is 12.6. The lowest BCUT2D eigenvalue weighted by molar-refractivity contribution is -0.118. The number of carbonyl (C=O) groups is 2. The van der Waals surface area contributed by atoms with Crippen LogP contribution >= 0.6 is 27.5 Å². The minimum Gasteiger partial charge on any atom is -0.490 e. The lowest BCUT2D eigenvalue weighted by atomic mass is 10.1. The van der Waals surface area contributed by atoms with E-state index in [9.17, 15) is 14.9 Å². The number of rotatable bonds is 9. The van der Waals surface area contributed by atoms with E-state index < -0.39 is 5.91 Å². The Hall–Kier alpha value is -3.80. The fraction of sp³-hybridized carbons (Fsp3) is 0.148. The molecular formula is C27H23BrClN3O4. The van der Waals surface area contributed by atoms with Crippen LogP contribution in [0, 0.1) is 18.3 Å². The van der Waals surface area contributed by atoms with Gasteiger partial charge in [-0.1, -0.05) is 29.3 Å². The summed E-state index contributed by atoms with van der Waals surface area (Å²) in [6.07, 6.45) is 1.45. The van der Waals surface area contributed by atoms with Gasteiger partial charge in [-0.3, -0.25) is 9.59 Å². The predicted molar refractivity (Wildman–Crippen MR) is 144 cm³/mol. The van der Waals surface area contributed by atoms with E-state index >= 15 is 0 Å². The zero-order valence-electron chi connectivity index (χ0n) is 19.6. The summed E-state index contributed by atoms with van der Waals surface area (Å²) < 4.78 is 11.9. The molecule has 7 nitrogen and oxygen atoms in total. The number of anilines is 2. The highest BCUT2D eigenvalue weighted by atomic mass is 79.9. The van der Waals surface area contributed by atoms with Crippen LogP contribution < -0.4 is 20.1 Å². The Labute approximate surface area is 222 Å². The quantitative estimate of drug-likeness (QED) is 0.231. The van der Waals surface area contributed by atoms with Gasteiger partial charge in [0.05, 0.1) is 11.1 Å². The fourth-order valence-corrected chi connectivity index (χ4v) is 3.79. The smallest absolute Gasteiger partial charge is 0.266 e. The highest BCUT2D eigenvalue weighted by molar-refractivity contribution is 9.10. The second-order valence-corrected chi connectivity index (χ2v) is 8.89. The monoisotopic (exact) mass is 567 g/mol. The molecule has 0 heterocycles. The number of benzene rings is 3. The standard InChI is InChI=1S/C27H23BrClN3O4/c1-3-35-24-14-18(12-19(15-30)27(34)32-22-8-4-17(2)5-9-22)13-23(28)26(24)36-16-25(33)31-21-10-6-20(29)7-11-21/h4-14H,3,16H2,1-2H3,(H,31,33)(H,32,34)/b19-12+. The first-order valence-corrected chi connectivity index (χ1v) is 12.1. The van der Waals surface area contributed by atoms with Gasteiger partial charge in [0.15, 0.2) is 18.1 Å². The summed E-state index contributed by atoms with van der Waals surface area (Å²) in [5.74, 6) is -0.221. The topological polar surface area (TPSA) is 100 Å². The lowest BCUT2D eigenvalue weighted by Crippen LogP contribution is -2.20. The number of ether oxygens (including phenoxy) is 2. The molecule has 0 saturated heterocycles. The van der Waals surface area contributed by atoms with Gasteiger partial charge in [0, 0.05) is 16.4 Å². The van der Waals surface area contributed by atoms with Gasteiger partial charge in [-0.05, 0) is 89.9 Å². The van der Waals surface area contributed by atoms with Crippen molar-refractivity contribution in [2.24, 2.45) is 0 Å². The molecule has 0 radical (unpaired) electrons. The van der Waals surface area contributed by atoms with E-state index in [4.69, 9.17) is 21.1 Å². The summed E-state index contributed by atoms with van der Waals surface area (Å²) >= 11 is 9.30. The molecule has 2 N–H and O–H groups in total. The third-order valence-corrected chi connectivity index (χ3v) is 5.63.